The van der Waals surface area contributed by atoms with Crippen LogP contribution in [0.3, 0.4) is 0 Å². The Morgan fingerprint density at radius 2 is 1.64 bits per heavy atom. The number of halogens is 3. The van der Waals surface area contributed by atoms with Crippen LogP contribution in [0.4, 0.5) is 10.1 Å². The zero-order valence-corrected chi connectivity index (χ0v) is 18.6. The van der Waals surface area contributed by atoms with E-state index in [-0.39, 0.29) is 22.2 Å². The van der Waals surface area contributed by atoms with Gasteiger partial charge in [-0.1, -0.05) is 35.3 Å². The van der Waals surface area contributed by atoms with E-state index in [0.29, 0.717) is 16.1 Å². The van der Waals surface area contributed by atoms with Crippen molar-refractivity contribution < 1.29 is 23.5 Å². The number of hydrogen-bond donors (Lipinski definition) is 2. The smallest absolute Gasteiger partial charge is 0.343 e. The van der Waals surface area contributed by atoms with Crippen LogP contribution in [0.1, 0.15) is 22.8 Å². The summed E-state index contributed by atoms with van der Waals surface area (Å²) in [5.74, 6) is -3.15. The van der Waals surface area contributed by atoms with Gasteiger partial charge in [-0.15, -0.1) is 0 Å². The number of benzene rings is 3. The lowest BCUT2D eigenvalue weighted by Crippen LogP contribution is -2.33. The molecule has 3 aromatic rings. The highest BCUT2D eigenvalue weighted by Crippen LogP contribution is 2.21. The van der Waals surface area contributed by atoms with Crippen LogP contribution in [-0.4, -0.2) is 23.5 Å². The highest BCUT2D eigenvalue weighted by molar-refractivity contribution is 6.40. The van der Waals surface area contributed by atoms with Crippen molar-refractivity contribution in [2.75, 3.05) is 5.32 Å². The van der Waals surface area contributed by atoms with Gasteiger partial charge in [0.15, 0.2) is 0 Å². The molecular weight excluding hydrogens is 472 g/mol. The average Bonchev–Trinajstić information content (AvgIpc) is 2.80. The van der Waals surface area contributed by atoms with Crippen molar-refractivity contribution in [2.24, 2.45) is 5.10 Å². The zero-order valence-electron chi connectivity index (χ0n) is 17.1. The summed E-state index contributed by atoms with van der Waals surface area (Å²) in [5, 5.41) is 6.47. The molecular formula is C23H16Cl2FN3O4. The van der Waals surface area contributed by atoms with Gasteiger partial charge in [0.05, 0.1) is 16.3 Å². The molecule has 0 heterocycles. The average molecular weight is 488 g/mol. The third-order valence-corrected chi connectivity index (χ3v) is 4.81. The first-order chi connectivity index (χ1) is 15.7. The summed E-state index contributed by atoms with van der Waals surface area (Å²) < 4.78 is 18.7. The highest BCUT2D eigenvalue weighted by atomic mass is 35.5. The molecule has 0 bridgehead atoms. The lowest BCUT2D eigenvalue weighted by Gasteiger charge is -2.10. The SMILES string of the molecule is C/C(=N\NC(=O)C(=O)Nc1ccc(F)c(Cl)c1)c1ccccc1OC(=O)c1ccc(Cl)cc1. The number of amides is 2. The third-order valence-electron chi connectivity index (χ3n) is 4.27. The molecule has 2 N–H and O–H groups in total. The third kappa shape index (κ3) is 6.38. The number of hydrogen-bond acceptors (Lipinski definition) is 5. The summed E-state index contributed by atoms with van der Waals surface area (Å²) in [5.41, 5.74) is 3.26. The fraction of sp³-hybridized carbons (Fsp3) is 0.0435. The Labute approximate surface area is 198 Å². The number of para-hydroxylation sites is 1. The molecule has 7 nitrogen and oxygen atoms in total. The first kappa shape index (κ1) is 23.9. The van der Waals surface area contributed by atoms with Crippen molar-refractivity contribution in [3.05, 3.63) is 93.7 Å². The van der Waals surface area contributed by atoms with Crippen LogP contribution in [-0.2, 0) is 9.59 Å². The van der Waals surface area contributed by atoms with Gasteiger partial charge in [0.2, 0.25) is 0 Å². The van der Waals surface area contributed by atoms with Crippen molar-refractivity contribution >= 4 is 52.4 Å². The summed E-state index contributed by atoms with van der Waals surface area (Å²) >= 11 is 11.5. The number of carbonyl (C=O) groups is 3. The molecule has 33 heavy (non-hydrogen) atoms. The number of rotatable bonds is 5. The normalized spacial score (nSPS) is 11.0. The van der Waals surface area contributed by atoms with Gasteiger partial charge in [-0.25, -0.2) is 14.6 Å². The van der Waals surface area contributed by atoms with Gasteiger partial charge < -0.3 is 10.1 Å². The monoisotopic (exact) mass is 487 g/mol. The summed E-state index contributed by atoms with van der Waals surface area (Å²) in [6.45, 7) is 1.56. The minimum absolute atomic E-state index is 0.140. The topological polar surface area (TPSA) is 96.9 Å². The van der Waals surface area contributed by atoms with Crippen molar-refractivity contribution in [3.63, 3.8) is 0 Å². The Morgan fingerprint density at radius 3 is 2.33 bits per heavy atom. The van der Waals surface area contributed by atoms with Crippen molar-refractivity contribution in [1.29, 1.82) is 0 Å². The maximum atomic E-state index is 13.2. The predicted molar refractivity (Wildman–Crippen MR) is 123 cm³/mol. The number of hydrazone groups is 1. The zero-order chi connectivity index (χ0) is 24.0. The Hall–Kier alpha value is -3.75. The van der Waals surface area contributed by atoms with E-state index in [0.717, 1.165) is 6.07 Å². The number of carbonyl (C=O) groups excluding carboxylic acids is 3. The summed E-state index contributed by atoms with van der Waals surface area (Å²) in [6.07, 6.45) is 0. The van der Waals surface area contributed by atoms with Crippen LogP contribution in [0, 0.1) is 5.82 Å². The molecule has 0 aromatic heterocycles. The van der Waals surface area contributed by atoms with Crippen molar-refractivity contribution in [1.82, 2.24) is 5.43 Å². The van der Waals surface area contributed by atoms with Crippen LogP contribution in [0.2, 0.25) is 10.0 Å². The van der Waals surface area contributed by atoms with Gasteiger partial charge >= 0.3 is 17.8 Å². The second-order valence-corrected chi connectivity index (χ2v) is 7.46. The predicted octanol–water partition coefficient (Wildman–Crippen LogP) is 4.83. The number of anilines is 1. The highest BCUT2D eigenvalue weighted by Gasteiger charge is 2.16. The van der Waals surface area contributed by atoms with E-state index in [4.69, 9.17) is 27.9 Å². The van der Waals surface area contributed by atoms with Crippen LogP contribution < -0.4 is 15.5 Å². The molecule has 3 rings (SSSR count). The first-order valence-electron chi connectivity index (χ1n) is 9.42. The lowest BCUT2D eigenvalue weighted by atomic mass is 10.1. The summed E-state index contributed by atoms with van der Waals surface area (Å²) in [7, 11) is 0. The molecule has 0 saturated carbocycles. The Kier molecular flexibility index (Phi) is 7.76. The standard InChI is InChI=1S/C23H16Cl2FN3O4/c1-13(28-29-22(31)21(30)27-16-10-11-19(26)18(25)12-16)17-4-2-3-5-20(17)33-23(32)14-6-8-15(24)9-7-14/h2-12H,1H3,(H,27,30)(H,29,31)/b28-13+. The van der Waals surface area contributed by atoms with Gasteiger partial charge in [-0.2, -0.15) is 5.10 Å². The molecule has 0 saturated heterocycles. The molecule has 0 radical (unpaired) electrons. The van der Waals surface area contributed by atoms with Crippen LogP contribution >= 0.6 is 23.2 Å². The number of ether oxygens (including phenoxy) is 1. The molecule has 0 aliphatic carbocycles. The van der Waals surface area contributed by atoms with E-state index in [1.807, 2.05) is 0 Å². The van der Waals surface area contributed by atoms with E-state index in [1.165, 1.54) is 24.3 Å². The summed E-state index contributed by atoms with van der Waals surface area (Å²) in [4.78, 5) is 36.5. The van der Waals surface area contributed by atoms with Crippen molar-refractivity contribution in [3.8, 4) is 5.75 Å². The minimum Gasteiger partial charge on any atom is -0.422 e. The lowest BCUT2D eigenvalue weighted by molar-refractivity contribution is -0.136. The fourth-order valence-corrected chi connectivity index (χ4v) is 2.91. The second-order valence-electron chi connectivity index (χ2n) is 6.61. The number of esters is 1. The van der Waals surface area contributed by atoms with Crippen molar-refractivity contribution in [2.45, 2.75) is 6.92 Å². The number of nitrogens with one attached hydrogen (secondary N) is 2. The molecule has 0 aliphatic heterocycles. The number of nitrogens with zero attached hydrogens (tertiary/aromatic N) is 1. The Bertz CT molecular complexity index is 1250. The quantitative estimate of drug-likeness (QED) is 0.177. The molecule has 0 spiro atoms. The van der Waals surface area contributed by atoms with Gasteiger partial charge in [0.25, 0.3) is 0 Å². The first-order valence-corrected chi connectivity index (χ1v) is 10.2. The van der Waals surface area contributed by atoms with Gasteiger partial charge in [-0.3, -0.25) is 9.59 Å². The van der Waals surface area contributed by atoms with E-state index in [1.54, 1.807) is 43.3 Å². The van der Waals surface area contributed by atoms with E-state index in [9.17, 15) is 18.8 Å². The van der Waals surface area contributed by atoms with Gasteiger partial charge in [0.1, 0.15) is 11.6 Å². The van der Waals surface area contributed by atoms with E-state index < -0.39 is 23.6 Å². The van der Waals surface area contributed by atoms with E-state index >= 15 is 0 Å². The molecule has 0 unspecified atom stereocenters. The molecule has 3 aromatic carbocycles. The molecule has 10 heteroatoms. The van der Waals surface area contributed by atoms with Crippen LogP contribution in [0.25, 0.3) is 0 Å². The molecule has 2 amide bonds. The Morgan fingerprint density at radius 1 is 0.939 bits per heavy atom. The van der Waals surface area contributed by atoms with Crippen LogP contribution in [0.5, 0.6) is 5.75 Å². The molecule has 0 fully saturated rings. The molecule has 0 aliphatic rings. The van der Waals surface area contributed by atoms with Gasteiger partial charge in [0, 0.05) is 16.3 Å². The summed E-state index contributed by atoms with van der Waals surface area (Å²) in [6, 6.07) is 16.2. The van der Waals surface area contributed by atoms with E-state index in [2.05, 4.69) is 15.8 Å². The largest absolute Gasteiger partial charge is 0.422 e. The van der Waals surface area contributed by atoms with Crippen LogP contribution in [0.15, 0.2) is 71.8 Å². The molecule has 168 valence electrons. The minimum atomic E-state index is -1.06. The second kappa shape index (κ2) is 10.7. The maximum Gasteiger partial charge on any atom is 0.343 e. The Balaban J connectivity index is 1.68. The fourth-order valence-electron chi connectivity index (χ4n) is 2.61. The molecule has 0 atom stereocenters. The van der Waals surface area contributed by atoms with Gasteiger partial charge in [-0.05, 0) is 61.5 Å². The maximum absolute atomic E-state index is 13.2.